The number of rotatable bonds is 11. The monoisotopic (exact) mass is 402 g/mol. The Kier molecular flexibility index (Phi) is 10.7. The summed E-state index contributed by atoms with van der Waals surface area (Å²) in [4.78, 5) is 48.2. The number of amides is 3. The largest absolute Gasteiger partial charge is 0.480 e. The molecule has 0 aromatic heterocycles. The van der Waals surface area contributed by atoms with Gasteiger partial charge in [-0.25, -0.2) is 0 Å². The first-order valence-electron chi connectivity index (χ1n) is 9.35. The molecular weight excluding hydrogens is 368 g/mol. The number of aliphatic hydroxyl groups is 1. The van der Waals surface area contributed by atoms with Crippen LogP contribution >= 0.6 is 0 Å². The Morgan fingerprint density at radius 1 is 0.857 bits per heavy atom. The van der Waals surface area contributed by atoms with Gasteiger partial charge in [0.1, 0.15) is 24.2 Å². The lowest BCUT2D eigenvalue weighted by Crippen LogP contribution is -2.59. The number of nitrogens with two attached hydrogens (primary N) is 1. The Hall–Kier alpha value is -2.20. The summed E-state index contributed by atoms with van der Waals surface area (Å²) in [5, 5.41) is 25.8. The van der Waals surface area contributed by atoms with Crippen LogP contribution in [0.5, 0.6) is 0 Å². The normalized spacial score (nSPS) is 16.6. The average Bonchev–Trinajstić information content (AvgIpc) is 2.56. The topological polar surface area (TPSA) is 171 Å². The Bertz CT molecular complexity index is 564. The summed E-state index contributed by atoms with van der Waals surface area (Å²) in [6.07, 6.45) is -0.795. The van der Waals surface area contributed by atoms with E-state index in [0.717, 1.165) is 0 Å². The maximum Gasteiger partial charge on any atom is 0.325 e. The van der Waals surface area contributed by atoms with E-state index in [4.69, 9.17) is 10.8 Å². The molecule has 0 bridgehead atoms. The minimum atomic E-state index is -1.20. The minimum Gasteiger partial charge on any atom is -0.480 e. The van der Waals surface area contributed by atoms with Crippen molar-refractivity contribution in [2.75, 3.05) is 0 Å². The molecule has 0 aromatic rings. The zero-order chi connectivity index (χ0) is 22.2. The molecule has 0 fully saturated rings. The van der Waals surface area contributed by atoms with Crippen molar-refractivity contribution < 1.29 is 29.4 Å². The average molecular weight is 402 g/mol. The SMILES string of the molecule is CC(C)CC(NC(=O)C(N)C(C)O)C(=O)NC(C(=O)NC(C)C(=O)O)C(C)C. The highest BCUT2D eigenvalue weighted by Crippen LogP contribution is 2.09. The number of nitrogens with one attached hydrogen (secondary N) is 3. The number of hydrogen-bond donors (Lipinski definition) is 6. The lowest BCUT2D eigenvalue weighted by atomic mass is 9.99. The van der Waals surface area contributed by atoms with Crippen LogP contribution in [0.25, 0.3) is 0 Å². The van der Waals surface area contributed by atoms with Gasteiger partial charge >= 0.3 is 5.97 Å². The highest BCUT2D eigenvalue weighted by Gasteiger charge is 2.31. The summed E-state index contributed by atoms with van der Waals surface area (Å²) in [6, 6.07) is -4.24. The van der Waals surface area contributed by atoms with Crippen LogP contribution in [0.2, 0.25) is 0 Å². The van der Waals surface area contributed by atoms with Gasteiger partial charge in [0, 0.05) is 0 Å². The number of carbonyl (C=O) groups excluding carboxylic acids is 3. The molecule has 5 unspecified atom stereocenters. The summed E-state index contributed by atoms with van der Waals surface area (Å²) in [5.41, 5.74) is 5.61. The molecule has 0 saturated heterocycles. The van der Waals surface area contributed by atoms with Crippen molar-refractivity contribution in [3.63, 3.8) is 0 Å². The van der Waals surface area contributed by atoms with Gasteiger partial charge in [-0.1, -0.05) is 27.7 Å². The molecule has 0 aliphatic heterocycles. The molecule has 0 saturated carbocycles. The molecule has 0 radical (unpaired) electrons. The van der Waals surface area contributed by atoms with Gasteiger partial charge in [-0.15, -0.1) is 0 Å². The van der Waals surface area contributed by atoms with Crippen LogP contribution in [-0.4, -0.2) is 64.2 Å². The number of carbonyl (C=O) groups is 4. The van der Waals surface area contributed by atoms with Gasteiger partial charge in [-0.3, -0.25) is 19.2 Å². The predicted octanol–water partition coefficient (Wildman–Crippen LogP) is -1.04. The van der Waals surface area contributed by atoms with Gasteiger partial charge in [0.15, 0.2) is 0 Å². The van der Waals surface area contributed by atoms with Gasteiger partial charge in [0.25, 0.3) is 0 Å². The highest BCUT2D eigenvalue weighted by atomic mass is 16.4. The summed E-state index contributed by atoms with van der Waals surface area (Å²) in [7, 11) is 0. The Labute approximate surface area is 165 Å². The van der Waals surface area contributed by atoms with Crippen LogP contribution in [0.4, 0.5) is 0 Å². The molecule has 5 atom stereocenters. The predicted molar refractivity (Wildman–Crippen MR) is 103 cm³/mol. The fraction of sp³-hybridized carbons (Fsp3) is 0.778. The minimum absolute atomic E-state index is 0.0529. The Balaban J connectivity index is 5.29. The Morgan fingerprint density at radius 2 is 1.39 bits per heavy atom. The second-order valence-corrected chi connectivity index (χ2v) is 7.76. The molecule has 10 nitrogen and oxygen atoms in total. The Morgan fingerprint density at radius 3 is 1.79 bits per heavy atom. The van der Waals surface area contributed by atoms with E-state index < -0.39 is 54.0 Å². The number of hydrogen-bond acceptors (Lipinski definition) is 6. The smallest absolute Gasteiger partial charge is 0.325 e. The van der Waals surface area contributed by atoms with Crippen LogP contribution in [0, 0.1) is 11.8 Å². The molecule has 3 amide bonds. The number of carboxylic acids is 1. The maximum absolute atomic E-state index is 12.7. The summed E-state index contributed by atoms with van der Waals surface area (Å²) in [6.45, 7) is 9.82. The molecule has 162 valence electrons. The molecular formula is C18H34N4O6. The number of aliphatic hydroxyl groups excluding tert-OH is 1. The van der Waals surface area contributed by atoms with Crippen molar-refractivity contribution >= 4 is 23.7 Å². The second kappa shape index (κ2) is 11.6. The van der Waals surface area contributed by atoms with Crippen LogP contribution in [0.15, 0.2) is 0 Å². The van der Waals surface area contributed by atoms with E-state index in [0.29, 0.717) is 6.42 Å². The van der Waals surface area contributed by atoms with E-state index in [1.165, 1.54) is 13.8 Å². The van der Waals surface area contributed by atoms with E-state index in [1.807, 2.05) is 13.8 Å². The standard InChI is InChI=1S/C18H34N4O6/c1-8(2)7-12(21-16(25)13(19)11(6)23)15(24)22-14(9(3)4)17(26)20-10(5)18(27)28/h8-14,23H,7,19H2,1-6H3,(H,20,26)(H,21,25)(H,22,24)(H,27,28). The van der Waals surface area contributed by atoms with Gasteiger partial charge in [-0.05, 0) is 32.1 Å². The molecule has 0 aliphatic carbocycles. The summed E-state index contributed by atoms with van der Waals surface area (Å²) in [5.74, 6) is -3.36. The molecule has 0 spiro atoms. The number of aliphatic carboxylic acids is 1. The first-order chi connectivity index (χ1) is 12.8. The van der Waals surface area contributed by atoms with Gasteiger partial charge in [-0.2, -0.15) is 0 Å². The van der Waals surface area contributed by atoms with Gasteiger partial charge in [0.2, 0.25) is 17.7 Å². The lowest BCUT2D eigenvalue weighted by Gasteiger charge is -2.27. The fourth-order valence-corrected chi connectivity index (χ4v) is 2.34. The van der Waals surface area contributed by atoms with E-state index in [1.54, 1.807) is 13.8 Å². The molecule has 0 rings (SSSR count). The third-order valence-corrected chi connectivity index (χ3v) is 4.14. The van der Waals surface area contributed by atoms with E-state index in [2.05, 4.69) is 16.0 Å². The van der Waals surface area contributed by atoms with Crippen molar-refractivity contribution in [2.45, 2.75) is 78.2 Å². The third kappa shape index (κ3) is 8.66. The van der Waals surface area contributed by atoms with Crippen molar-refractivity contribution in [3.05, 3.63) is 0 Å². The van der Waals surface area contributed by atoms with Crippen molar-refractivity contribution in [1.82, 2.24) is 16.0 Å². The first kappa shape index (κ1) is 25.8. The first-order valence-corrected chi connectivity index (χ1v) is 9.35. The molecule has 0 aliphatic rings. The van der Waals surface area contributed by atoms with Gasteiger partial charge in [0.05, 0.1) is 6.10 Å². The quantitative estimate of drug-likeness (QED) is 0.256. The van der Waals surface area contributed by atoms with Crippen LogP contribution in [0.3, 0.4) is 0 Å². The molecule has 0 heterocycles. The van der Waals surface area contributed by atoms with Crippen molar-refractivity contribution in [2.24, 2.45) is 17.6 Å². The van der Waals surface area contributed by atoms with Crippen LogP contribution in [0.1, 0.15) is 48.0 Å². The van der Waals surface area contributed by atoms with Crippen LogP contribution in [-0.2, 0) is 19.2 Å². The van der Waals surface area contributed by atoms with Crippen LogP contribution < -0.4 is 21.7 Å². The van der Waals surface area contributed by atoms with E-state index in [9.17, 15) is 24.3 Å². The van der Waals surface area contributed by atoms with E-state index >= 15 is 0 Å². The third-order valence-electron chi connectivity index (χ3n) is 4.14. The van der Waals surface area contributed by atoms with Crippen molar-refractivity contribution in [3.8, 4) is 0 Å². The molecule has 0 aromatic carbocycles. The second-order valence-electron chi connectivity index (χ2n) is 7.76. The number of carboxylic acid groups (broad SMARTS) is 1. The zero-order valence-corrected chi connectivity index (χ0v) is 17.4. The summed E-state index contributed by atoms with van der Waals surface area (Å²) < 4.78 is 0. The summed E-state index contributed by atoms with van der Waals surface area (Å²) >= 11 is 0. The van der Waals surface area contributed by atoms with Crippen molar-refractivity contribution in [1.29, 1.82) is 0 Å². The van der Waals surface area contributed by atoms with Gasteiger partial charge < -0.3 is 31.9 Å². The highest BCUT2D eigenvalue weighted by molar-refractivity contribution is 5.94. The zero-order valence-electron chi connectivity index (χ0n) is 17.4. The fourth-order valence-electron chi connectivity index (χ4n) is 2.34. The molecule has 10 heteroatoms. The van der Waals surface area contributed by atoms with E-state index in [-0.39, 0.29) is 11.8 Å². The molecule has 7 N–H and O–H groups in total. The molecule has 28 heavy (non-hydrogen) atoms. The lowest BCUT2D eigenvalue weighted by molar-refractivity contribution is -0.142. The maximum atomic E-state index is 12.7.